The number of aromatic nitrogens is 4. The van der Waals surface area contributed by atoms with E-state index in [4.69, 9.17) is 5.73 Å². The molecule has 4 aromatic rings. The summed E-state index contributed by atoms with van der Waals surface area (Å²) in [5, 5.41) is 5.15. The van der Waals surface area contributed by atoms with Crippen molar-refractivity contribution in [3.05, 3.63) is 59.6 Å². The van der Waals surface area contributed by atoms with Crippen LogP contribution in [0.25, 0.3) is 16.8 Å². The number of rotatable bonds is 5. The van der Waals surface area contributed by atoms with E-state index in [9.17, 15) is 9.59 Å². The normalized spacial score (nSPS) is 15.8. The Bertz CT molecular complexity index is 1310. The third-order valence-electron chi connectivity index (χ3n) is 5.94. The van der Waals surface area contributed by atoms with Crippen molar-refractivity contribution in [1.29, 1.82) is 0 Å². The van der Waals surface area contributed by atoms with Crippen LogP contribution < -0.4 is 15.5 Å². The number of nitrogens with zero attached hydrogens (tertiary/aromatic N) is 4. The minimum atomic E-state index is -0.219. The van der Waals surface area contributed by atoms with Gasteiger partial charge in [-0.05, 0) is 37.1 Å². The molecule has 0 saturated carbocycles. The second kappa shape index (κ2) is 8.62. The molecule has 168 valence electrons. The standard InChI is InChI=1S/C23H23N7O2S/c1-2-17(31)29-11-3-4-16(29)21-27-18(19-20(24)25-9-12-30(19)21)14-5-7-15(8-6-14)22(32)28-23-26-10-13-33-23/h5-10,12-13,16H,2-4,11H2,1H3,(H3,24,25,26,28,32)/p+1/t16-/m0/s1. The summed E-state index contributed by atoms with van der Waals surface area (Å²) in [5.41, 5.74) is 9.23. The number of H-pyrrole nitrogens is 1. The summed E-state index contributed by atoms with van der Waals surface area (Å²) in [6.07, 6.45) is 7.48. The van der Waals surface area contributed by atoms with E-state index in [1.807, 2.05) is 39.9 Å². The lowest BCUT2D eigenvalue weighted by atomic mass is 10.1. The van der Waals surface area contributed by atoms with Crippen LogP contribution in [0.2, 0.25) is 0 Å². The van der Waals surface area contributed by atoms with Crippen molar-refractivity contribution in [2.75, 3.05) is 17.6 Å². The van der Waals surface area contributed by atoms with Gasteiger partial charge in [-0.2, -0.15) is 4.40 Å². The van der Waals surface area contributed by atoms with Crippen LogP contribution in [0, 0.1) is 0 Å². The predicted octanol–water partition coefficient (Wildman–Crippen LogP) is 3.18. The Kier molecular flexibility index (Phi) is 5.51. The molecule has 1 saturated heterocycles. The van der Waals surface area contributed by atoms with Gasteiger partial charge in [-0.1, -0.05) is 6.92 Å². The zero-order chi connectivity index (χ0) is 22.9. The SMILES string of the molecule is CCC(=O)N1CCC[C@H]1c1[nH]c(-c2ccc(C(=O)Nc3nccs3)cc2)c2c(N)ncc[n+]12. The van der Waals surface area contributed by atoms with E-state index in [-0.39, 0.29) is 17.9 Å². The maximum absolute atomic E-state index is 12.5. The summed E-state index contributed by atoms with van der Waals surface area (Å²) in [7, 11) is 0. The molecule has 5 rings (SSSR count). The van der Waals surface area contributed by atoms with Crippen molar-refractivity contribution in [3.8, 4) is 11.3 Å². The summed E-state index contributed by atoms with van der Waals surface area (Å²) >= 11 is 1.37. The van der Waals surface area contributed by atoms with Crippen molar-refractivity contribution in [1.82, 2.24) is 19.9 Å². The van der Waals surface area contributed by atoms with Crippen LogP contribution in [0.1, 0.15) is 48.4 Å². The summed E-state index contributed by atoms with van der Waals surface area (Å²) < 4.78 is 1.99. The van der Waals surface area contributed by atoms with Crippen LogP contribution in [0.5, 0.6) is 0 Å². The Balaban J connectivity index is 1.52. The number of anilines is 2. The van der Waals surface area contributed by atoms with Gasteiger partial charge in [0.05, 0.1) is 6.20 Å². The Morgan fingerprint density at radius 2 is 2.09 bits per heavy atom. The van der Waals surface area contributed by atoms with E-state index < -0.39 is 0 Å². The average molecular weight is 463 g/mol. The number of amides is 2. The third-order valence-corrected chi connectivity index (χ3v) is 6.63. The molecule has 1 aliphatic rings. The van der Waals surface area contributed by atoms with Gasteiger partial charge in [0.2, 0.25) is 11.4 Å². The van der Waals surface area contributed by atoms with Gasteiger partial charge in [0.15, 0.2) is 16.6 Å². The fraction of sp³-hybridized carbons (Fsp3) is 0.261. The molecule has 1 aliphatic heterocycles. The maximum Gasteiger partial charge on any atom is 0.283 e. The third kappa shape index (κ3) is 3.82. The van der Waals surface area contributed by atoms with Gasteiger partial charge in [0.1, 0.15) is 12.2 Å². The van der Waals surface area contributed by atoms with E-state index in [2.05, 4.69) is 20.3 Å². The number of nitrogens with two attached hydrogens (primary N) is 1. The molecule has 0 aliphatic carbocycles. The highest BCUT2D eigenvalue weighted by Gasteiger charge is 2.37. The van der Waals surface area contributed by atoms with Gasteiger partial charge in [0.25, 0.3) is 11.7 Å². The van der Waals surface area contributed by atoms with Crippen LogP contribution in [-0.2, 0) is 4.79 Å². The van der Waals surface area contributed by atoms with E-state index >= 15 is 0 Å². The molecule has 9 nitrogen and oxygen atoms in total. The number of likely N-dealkylation sites (tertiary alicyclic amines) is 1. The lowest BCUT2D eigenvalue weighted by Crippen LogP contribution is -2.36. The minimum Gasteiger partial charge on any atom is -0.380 e. The van der Waals surface area contributed by atoms with Gasteiger partial charge >= 0.3 is 0 Å². The topological polar surface area (TPSA) is 121 Å². The smallest absolute Gasteiger partial charge is 0.283 e. The van der Waals surface area contributed by atoms with Crippen LogP contribution >= 0.6 is 11.3 Å². The van der Waals surface area contributed by atoms with E-state index in [1.165, 1.54) is 11.3 Å². The van der Waals surface area contributed by atoms with Gasteiger partial charge in [-0.3, -0.25) is 14.9 Å². The predicted molar refractivity (Wildman–Crippen MR) is 126 cm³/mol. The molecule has 4 heterocycles. The Morgan fingerprint density at radius 1 is 1.27 bits per heavy atom. The Labute approximate surface area is 194 Å². The summed E-state index contributed by atoms with van der Waals surface area (Å²) in [6, 6.07) is 7.24. The van der Waals surface area contributed by atoms with Crippen molar-refractivity contribution in [2.45, 2.75) is 32.2 Å². The molecule has 1 fully saturated rings. The number of carbonyl (C=O) groups excluding carboxylic acids is 2. The Hall–Kier alpha value is -3.79. The molecule has 4 N–H and O–H groups in total. The number of hydrogen-bond donors (Lipinski definition) is 3. The second-order valence-corrected chi connectivity index (χ2v) is 8.78. The van der Waals surface area contributed by atoms with Crippen LogP contribution in [0.3, 0.4) is 0 Å². The quantitative estimate of drug-likeness (QED) is 0.393. The lowest BCUT2D eigenvalue weighted by Gasteiger charge is -2.20. The number of benzene rings is 1. The first-order chi connectivity index (χ1) is 16.1. The lowest BCUT2D eigenvalue weighted by molar-refractivity contribution is -0.524. The maximum atomic E-state index is 12.5. The molecule has 10 heteroatoms. The molecule has 1 aromatic carbocycles. The van der Waals surface area contributed by atoms with Crippen molar-refractivity contribution in [2.24, 2.45) is 0 Å². The first kappa shape index (κ1) is 21.1. The summed E-state index contributed by atoms with van der Waals surface area (Å²) in [5.74, 6) is 1.22. The first-order valence-corrected chi connectivity index (χ1v) is 11.7. The summed E-state index contributed by atoms with van der Waals surface area (Å²) in [4.78, 5) is 38.8. The number of fused-ring (bicyclic) bond motifs is 1. The van der Waals surface area contributed by atoms with Crippen LogP contribution in [0.4, 0.5) is 10.9 Å². The second-order valence-electron chi connectivity index (χ2n) is 7.88. The van der Waals surface area contributed by atoms with Crippen LogP contribution in [-0.4, -0.2) is 38.2 Å². The molecule has 0 radical (unpaired) electrons. The first-order valence-electron chi connectivity index (χ1n) is 10.8. The largest absolute Gasteiger partial charge is 0.380 e. The number of imidazole rings is 1. The van der Waals surface area contributed by atoms with Crippen LogP contribution in [0.15, 0.2) is 48.2 Å². The molecular formula is C23H24N7O2S+. The number of carbonyl (C=O) groups is 2. The molecule has 0 bridgehead atoms. The van der Waals surface area contributed by atoms with E-state index in [0.29, 0.717) is 22.9 Å². The zero-order valence-corrected chi connectivity index (χ0v) is 18.9. The highest BCUT2D eigenvalue weighted by molar-refractivity contribution is 7.13. The monoisotopic (exact) mass is 462 g/mol. The zero-order valence-electron chi connectivity index (χ0n) is 18.1. The molecular weight excluding hydrogens is 438 g/mol. The van der Waals surface area contributed by atoms with Crippen molar-refractivity contribution in [3.63, 3.8) is 0 Å². The summed E-state index contributed by atoms with van der Waals surface area (Å²) in [6.45, 7) is 2.63. The van der Waals surface area contributed by atoms with Crippen molar-refractivity contribution < 1.29 is 14.0 Å². The number of nitrogen functional groups attached to an aromatic ring is 1. The highest BCUT2D eigenvalue weighted by atomic mass is 32.1. The van der Waals surface area contributed by atoms with Gasteiger partial charge in [-0.25, -0.2) is 15.0 Å². The van der Waals surface area contributed by atoms with E-state index in [1.54, 1.807) is 24.5 Å². The highest BCUT2D eigenvalue weighted by Crippen LogP contribution is 2.33. The molecule has 0 unspecified atom stereocenters. The van der Waals surface area contributed by atoms with Gasteiger partial charge < -0.3 is 10.6 Å². The number of nitrogens with one attached hydrogen (secondary N) is 2. The fourth-order valence-electron chi connectivity index (χ4n) is 4.38. The van der Waals surface area contributed by atoms with E-state index in [0.717, 1.165) is 42.0 Å². The van der Waals surface area contributed by atoms with Gasteiger partial charge in [-0.15, -0.1) is 11.3 Å². The molecule has 0 spiro atoms. The molecule has 3 aromatic heterocycles. The van der Waals surface area contributed by atoms with Crippen molar-refractivity contribution >= 4 is 39.6 Å². The molecule has 33 heavy (non-hydrogen) atoms. The number of hydrogen-bond acceptors (Lipinski definition) is 6. The Morgan fingerprint density at radius 3 is 2.82 bits per heavy atom. The van der Waals surface area contributed by atoms with Gasteiger partial charge in [0, 0.05) is 35.7 Å². The average Bonchev–Trinajstić information content (AvgIpc) is 3.58. The molecule has 1 atom stereocenters. The number of thiazole rings is 1. The minimum absolute atomic E-state index is 0.0520. The number of aromatic amines is 1. The molecule has 2 amide bonds. The fourth-order valence-corrected chi connectivity index (χ4v) is 4.91.